The Morgan fingerprint density at radius 2 is 2.25 bits per heavy atom. The molecule has 1 aromatic rings. The fourth-order valence-corrected chi connectivity index (χ4v) is 1.15. The van der Waals surface area contributed by atoms with Crippen LogP contribution in [0.3, 0.4) is 0 Å². The van der Waals surface area contributed by atoms with E-state index >= 15 is 0 Å². The molecule has 0 saturated heterocycles. The molecule has 0 spiro atoms. The van der Waals surface area contributed by atoms with E-state index in [9.17, 15) is 4.39 Å². The molecule has 2 N–H and O–H groups in total. The number of hydrogen-bond acceptors (Lipinski definition) is 2. The van der Waals surface area contributed by atoms with Crippen LogP contribution in [0.2, 0.25) is 5.02 Å². The number of rotatable bonds is 1. The van der Waals surface area contributed by atoms with E-state index in [1.165, 1.54) is 6.07 Å². The molecule has 0 aliphatic carbocycles. The van der Waals surface area contributed by atoms with Gasteiger partial charge in [0.05, 0.1) is 11.6 Å². The van der Waals surface area contributed by atoms with Crippen molar-refractivity contribution in [2.45, 2.75) is 6.54 Å². The number of nitriles is 1. The van der Waals surface area contributed by atoms with Gasteiger partial charge in [0.2, 0.25) is 0 Å². The Kier molecular flexibility index (Phi) is 2.64. The van der Waals surface area contributed by atoms with Crippen LogP contribution in [0.4, 0.5) is 4.39 Å². The average molecular weight is 185 g/mol. The first-order valence-electron chi connectivity index (χ1n) is 3.27. The van der Waals surface area contributed by atoms with Crippen LogP contribution in [0.5, 0.6) is 0 Å². The lowest BCUT2D eigenvalue weighted by Gasteiger charge is -2.02. The Morgan fingerprint density at radius 3 is 2.67 bits per heavy atom. The summed E-state index contributed by atoms with van der Waals surface area (Å²) in [4.78, 5) is 0. The molecule has 0 heterocycles. The molecular weight excluding hydrogens is 179 g/mol. The largest absolute Gasteiger partial charge is 0.326 e. The van der Waals surface area contributed by atoms with Gasteiger partial charge < -0.3 is 5.73 Å². The minimum atomic E-state index is -0.526. The van der Waals surface area contributed by atoms with E-state index in [2.05, 4.69) is 0 Å². The van der Waals surface area contributed by atoms with Crippen LogP contribution in [-0.4, -0.2) is 0 Å². The van der Waals surface area contributed by atoms with E-state index in [0.29, 0.717) is 0 Å². The van der Waals surface area contributed by atoms with Crippen molar-refractivity contribution < 1.29 is 4.39 Å². The Bertz CT molecular complexity index is 320. The van der Waals surface area contributed by atoms with Crippen LogP contribution < -0.4 is 5.73 Å². The summed E-state index contributed by atoms with van der Waals surface area (Å²) in [7, 11) is 0. The lowest BCUT2D eigenvalue weighted by Crippen LogP contribution is -2.01. The zero-order valence-corrected chi connectivity index (χ0v) is 6.90. The molecule has 0 bridgehead atoms. The van der Waals surface area contributed by atoms with Gasteiger partial charge in [-0.25, -0.2) is 4.39 Å². The van der Waals surface area contributed by atoms with Crippen LogP contribution in [0.25, 0.3) is 0 Å². The highest BCUT2D eigenvalue weighted by atomic mass is 35.5. The molecule has 0 aliphatic heterocycles. The molecule has 12 heavy (non-hydrogen) atoms. The maximum absolute atomic E-state index is 13.0. The van der Waals surface area contributed by atoms with Gasteiger partial charge in [-0.1, -0.05) is 11.6 Å². The molecule has 1 rings (SSSR count). The summed E-state index contributed by atoms with van der Waals surface area (Å²) in [5.41, 5.74) is 5.69. The summed E-state index contributed by atoms with van der Waals surface area (Å²) in [6, 6.07) is 4.31. The van der Waals surface area contributed by atoms with Gasteiger partial charge >= 0.3 is 0 Å². The predicted molar refractivity (Wildman–Crippen MR) is 44.0 cm³/mol. The second kappa shape index (κ2) is 3.53. The Morgan fingerprint density at radius 1 is 1.58 bits per heavy atom. The Hall–Kier alpha value is -1.11. The van der Waals surface area contributed by atoms with Gasteiger partial charge in [-0.3, -0.25) is 0 Å². The quantitative estimate of drug-likeness (QED) is 0.724. The van der Waals surface area contributed by atoms with Gasteiger partial charge in [0.15, 0.2) is 0 Å². The Labute approximate surface area is 74.4 Å². The van der Waals surface area contributed by atoms with Crippen molar-refractivity contribution >= 4 is 11.6 Å². The zero-order valence-electron chi connectivity index (χ0n) is 6.14. The van der Waals surface area contributed by atoms with E-state index in [1.807, 2.05) is 0 Å². The van der Waals surface area contributed by atoms with Gasteiger partial charge in [-0.05, 0) is 12.1 Å². The van der Waals surface area contributed by atoms with Crippen LogP contribution in [0, 0.1) is 17.1 Å². The number of nitrogens with two attached hydrogens (primary N) is 1. The molecule has 0 amide bonds. The molecule has 0 unspecified atom stereocenters. The molecule has 0 radical (unpaired) electrons. The standard InChI is InChI=1S/C8H6ClFN2/c9-7-1-5(3-11)2-8(10)6(7)4-12/h1-2H,4,12H2. The SMILES string of the molecule is N#Cc1cc(F)c(CN)c(Cl)c1. The molecule has 0 aliphatic rings. The summed E-state index contributed by atoms with van der Waals surface area (Å²) in [6.07, 6.45) is 0. The smallest absolute Gasteiger partial charge is 0.130 e. The minimum absolute atomic E-state index is 0.0381. The van der Waals surface area contributed by atoms with Crippen molar-refractivity contribution in [3.63, 3.8) is 0 Å². The second-order valence-corrected chi connectivity index (χ2v) is 2.64. The second-order valence-electron chi connectivity index (χ2n) is 2.23. The third kappa shape index (κ3) is 1.55. The highest BCUT2D eigenvalue weighted by molar-refractivity contribution is 6.31. The monoisotopic (exact) mass is 184 g/mol. The summed E-state index contributed by atoms with van der Waals surface area (Å²) < 4.78 is 13.0. The molecular formula is C8H6ClFN2. The summed E-state index contributed by atoms with van der Waals surface area (Å²) in [6.45, 7) is 0.0381. The zero-order chi connectivity index (χ0) is 9.14. The van der Waals surface area contributed by atoms with E-state index in [-0.39, 0.29) is 22.7 Å². The van der Waals surface area contributed by atoms with Crippen LogP contribution in [0.15, 0.2) is 12.1 Å². The van der Waals surface area contributed by atoms with E-state index in [1.54, 1.807) is 6.07 Å². The van der Waals surface area contributed by atoms with E-state index in [4.69, 9.17) is 22.6 Å². The summed E-state index contributed by atoms with van der Waals surface area (Å²) in [5, 5.41) is 8.65. The van der Waals surface area contributed by atoms with Gasteiger partial charge in [0, 0.05) is 17.1 Å². The summed E-state index contributed by atoms with van der Waals surface area (Å²) in [5.74, 6) is -0.526. The molecule has 0 aromatic heterocycles. The van der Waals surface area contributed by atoms with Crippen LogP contribution >= 0.6 is 11.6 Å². The van der Waals surface area contributed by atoms with E-state index in [0.717, 1.165) is 6.07 Å². The molecule has 62 valence electrons. The lowest BCUT2D eigenvalue weighted by molar-refractivity contribution is 0.610. The molecule has 1 aromatic carbocycles. The first-order valence-corrected chi connectivity index (χ1v) is 3.65. The predicted octanol–water partition coefficient (Wildman–Crippen LogP) is 1.81. The topological polar surface area (TPSA) is 49.8 Å². The fourth-order valence-electron chi connectivity index (χ4n) is 0.863. The summed E-state index contributed by atoms with van der Waals surface area (Å²) >= 11 is 5.64. The van der Waals surface area contributed by atoms with Crippen molar-refractivity contribution in [3.05, 3.63) is 34.1 Å². The van der Waals surface area contributed by atoms with Crippen molar-refractivity contribution in [1.82, 2.24) is 0 Å². The average Bonchev–Trinajstić information content (AvgIpc) is 2.03. The number of halogens is 2. The number of nitrogens with zero attached hydrogens (tertiary/aromatic N) is 1. The molecule has 0 atom stereocenters. The third-order valence-electron chi connectivity index (χ3n) is 1.47. The molecule has 0 saturated carbocycles. The third-order valence-corrected chi connectivity index (χ3v) is 1.81. The minimum Gasteiger partial charge on any atom is -0.326 e. The lowest BCUT2D eigenvalue weighted by atomic mass is 10.1. The maximum Gasteiger partial charge on any atom is 0.130 e. The van der Waals surface area contributed by atoms with Crippen LogP contribution in [0.1, 0.15) is 11.1 Å². The number of benzene rings is 1. The van der Waals surface area contributed by atoms with Crippen LogP contribution in [-0.2, 0) is 6.54 Å². The molecule has 0 fully saturated rings. The van der Waals surface area contributed by atoms with Gasteiger partial charge in [0.1, 0.15) is 5.82 Å². The van der Waals surface area contributed by atoms with Gasteiger partial charge in [0.25, 0.3) is 0 Å². The first-order chi connectivity index (χ1) is 5.69. The van der Waals surface area contributed by atoms with Crippen molar-refractivity contribution in [2.75, 3.05) is 0 Å². The maximum atomic E-state index is 13.0. The highest BCUT2D eigenvalue weighted by Gasteiger charge is 2.07. The highest BCUT2D eigenvalue weighted by Crippen LogP contribution is 2.20. The van der Waals surface area contributed by atoms with Crippen molar-refractivity contribution in [1.29, 1.82) is 5.26 Å². The Balaban J connectivity index is 3.30. The van der Waals surface area contributed by atoms with Crippen molar-refractivity contribution in [2.24, 2.45) is 5.73 Å². The van der Waals surface area contributed by atoms with E-state index < -0.39 is 5.82 Å². The van der Waals surface area contributed by atoms with Gasteiger partial charge in [-0.2, -0.15) is 5.26 Å². The normalized spacial score (nSPS) is 9.50. The van der Waals surface area contributed by atoms with Crippen molar-refractivity contribution in [3.8, 4) is 6.07 Å². The van der Waals surface area contributed by atoms with Gasteiger partial charge in [-0.15, -0.1) is 0 Å². The molecule has 2 nitrogen and oxygen atoms in total. The number of hydrogen-bond donors (Lipinski definition) is 1. The molecule has 4 heteroatoms. The fraction of sp³-hybridized carbons (Fsp3) is 0.125. The first kappa shape index (κ1) is 8.98.